The largest absolute Gasteiger partial charge is 0.342 e. The third-order valence-electron chi connectivity index (χ3n) is 6.45. The smallest absolute Gasteiger partial charge is 0.223 e. The van der Waals surface area contributed by atoms with E-state index >= 15 is 0 Å². The van der Waals surface area contributed by atoms with Crippen LogP contribution >= 0.6 is 0 Å². The first-order chi connectivity index (χ1) is 16.2. The molecule has 1 aliphatic carbocycles. The van der Waals surface area contributed by atoms with Crippen molar-refractivity contribution >= 4 is 17.4 Å². The summed E-state index contributed by atoms with van der Waals surface area (Å²) in [6.45, 7) is 1.50. The minimum absolute atomic E-state index is 0.125. The highest BCUT2D eigenvalue weighted by Gasteiger charge is 2.28. The van der Waals surface area contributed by atoms with E-state index in [0.717, 1.165) is 60.8 Å². The van der Waals surface area contributed by atoms with E-state index in [0.29, 0.717) is 18.9 Å². The Morgan fingerprint density at radius 3 is 2.70 bits per heavy atom. The number of pyridine rings is 1. The number of aromatic nitrogens is 3. The molecule has 1 amide bonds. The highest BCUT2D eigenvalue weighted by atomic mass is 16.2. The molecule has 2 aromatic heterocycles. The molecule has 1 saturated heterocycles. The SMILES string of the molecule is O=C(C[C@H]1C=CCC1)N1CCC[C@H](c2nc(Nc3ccccc3)cc(-c3ccncc3)n2)C1. The van der Waals surface area contributed by atoms with E-state index in [1.54, 1.807) is 12.4 Å². The third-order valence-corrected chi connectivity index (χ3v) is 6.45. The van der Waals surface area contributed by atoms with Gasteiger partial charge in [-0.25, -0.2) is 9.97 Å². The Labute approximate surface area is 194 Å². The molecule has 1 aromatic carbocycles. The normalized spacial score (nSPS) is 20.1. The summed E-state index contributed by atoms with van der Waals surface area (Å²) in [6.07, 6.45) is 12.7. The minimum atomic E-state index is 0.125. The highest BCUT2D eigenvalue weighted by molar-refractivity contribution is 5.77. The van der Waals surface area contributed by atoms with Crippen LogP contribution in [-0.2, 0) is 4.79 Å². The number of nitrogens with zero attached hydrogens (tertiary/aromatic N) is 4. The number of anilines is 2. The van der Waals surface area contributed by atoms with Gasteiger partial charge in [-0.05, 0) is 55.9 Å². The van der Waals surface area contributed by atoms with Gasteiger partial charge in [0, 0.05) is 55.1 Å². The van der Waals surface area contributed by atoms with Crippen molar-refractivity contribution in [2.75, 3.05) is 18.4 Å². The van der Waals surface area contributed by atoms with Gasteiger partial charge in [-0.2, -0.15) is 0 Å². The average Bonchev–Trinajstić information content (AvgIpc) is 3.38. The van der Waals surface area contributed by atoms with Gasteiger partial charge in [0.15, 0.2) is 0 Å². The number of carbonyl (C=O) groups is 1. The number of para-hydroxylation sites is 1. The fraction of sp³-hybridized carbons (Fsp3) is 0.333. The van der Waals surface area contributed by atoms with E-state index in [9.17, 15) is 4.79 Å². The molecule has 0 unspecified atom stereocenters. The van der Waals surface area contributed by atoms with Crippen LogP contribution in [0.15, 0.2) is 73.1 Å². The van der Waals surface area contributed by atoms with Gasteiger partial charge in [-0.1, -0.05) is 30.4 Å². The van der Waals surface area contributed by atoms with Crippen molar-refractivity contribution in [2.24, 2.45) is 5.92 Å². The first-order valence-corrected chi connectivity index (χ1v) is 11.8. The van der Waals surface area contributed by atoms with Crippen LogP contribution in [0.1, 0.15) is 43.8 Å². The number of benzene rings is 1. The molecule has 6 heteroatoms. The van der Waals surface area contributed by atoms with Crippen LogP contribution in [-0.4, -0.2) is 38.8 Å². The molecule has 0 saturated carbocycles. The van der Waals surface area contributed by atoms with E-state index < -0.39 is 0 Å². The van der Waals surface area contributed by atoms with Crippen LogP contribution in [0.2, 0.25) is 0 Å². The summed E-state index contributed by atoms with van der Waals surface area (Å²) >= 11 is 0. The number of amides is 1. The summed E-state index contributed by atoms with van der Waals surface area (Å²) in [5.74, 6) is 2.33. The number of rotatable bonds is 6. The second-order valence-corrected chi connectivity index (χ2v) is 8.87. The molecular formula is C27H29N5O. The van der Waals surface area contributed by atoms with Gasteiger partial charge in [-0.3, -0.25) is 9.78 Å². The standard InChI is InChI=1S/C27H29N5O/c33-26(17-20-7-4-5-8-20)32-16-6-9-22(19-32)27-30-24(21-12-14-28-15-13-21)18-25(31-27)29-23-10-2-1-3-11-23/h1-4,7,10-15,18,20,22H,5-6,8-9,16-17,19H2,(H,29,30,31)/t20-,22-/m0/s1. The number of nitrogens with one attached hydrogen (secondary N) is 1. The summed E-state index contributed by atoms with van der Waals surface area (Å²) in [4.78, 5) is 28.9. The van der Waals surface area contributed by atoms with Gasteiger partial charge in [-0.15, -0.1) is 0 Å². The zero-order valence-electron chi connectivity index (χ0n) is 18.7. The first kappa shape index (κ1) is 21.3. The molecule has 3 heterocycles. The molecule has 33 heavy (non-hydrogen) atoms. The van der Waals surface area contributed by atoms with Crippen molar-refractivity contribution in [3.8, 4) is 11.3 Å². The van der Waals surface area contributed by atoms with Gasteiger partial charge in [0.1, 0.15) is 11.6 Å². The topological polar surface area (TPSA) is 71.0 Å². The van der Waals surface area contributed by atoms with Crippen LogP contribution in [0.25, 0.3) is 11.3 Å². The Kier molecular flexibility index (Phi) is 6.42. The van der Waals surface area contributed by atoms with Crippen LogP contribution in [0, 0.1) is 5.92 Å². The van der Waals surface area contributed by atoms with E-state index in [4.69, 9.17) is 9.97 Å². The van der Waals surface area contributed by atoms with Crippen molar-refractivity contribution in [3.63, 3.8) is 0 Å². The molecular weight excluding hydrogens is 410 g/mol. The first-order valence-electron chi connectivity index (χ1n) is 11.8. The molecule has 2 atom stereocenters. The number of allylic oxidation sites excluding steroid dienone is 2. The van der Waals surface area contributed by atoms with Gasteiger partial charge in [0.2, 0.25) is 5.91 Å². The quantitative estimate of drug-likeness (QED) is 0.525. The van der Waals surface area contributed by atoms with Crippen molar-refractivity contribution < 1.29 is 4.79 Å². The summed E-state index contributed by atoms with van der Waals surface area (Å²) in [6, 6.07) is 15.9. The maximum atomic E-state index is 13.0. The number of likely N-dealkylation sites (tertiary alicyclic amines) is 1. The number of piperidine rings is 1. The Bertz CT molecular complexity index is 1120. The molecule has 2 aliphatic rings. The van der Waals surface area contributed by atoms with E-state index in [1.165, 1.54) is 0 Å². The molecule has 1 aliphatic heterocycles. The third kappa shape index (κ3) is 5.28. The predicted octanol–water partition coefficient (Wildman–Crippen LogP) is 5.34. The van der Waals surface area contributed by atoms with Gasteiger partial charge in [0.25, 0.3) is 0 Å². The van der Waals surface area contributed by atoms with Gasteiger partial charge < -0.3 is 10.2 Å². The van der Waals surface area contributed by atoms with Crippen molar-refractivity contribution in [2.45, 2.75) is 38.0 Å². The number of hydrogen-bond acceptors (Lipinski definition) is 5. The minimum Gasteiger partial charge on any atom is -0.342 e. The summed E-state index contributed by atoms with van der Waals surface area (Å²) in [5, 5.41) is 3.42. The highest BCUT2D eigenvalue weighted by Crippen LogP contribution is 2.30. The van der Waals surface area contributed by atoms with E-state index in [-0.39, 0.29) is 11.8 Å². The monoisotopic (exact) mass is 439 g/mol. The van der Waals surface area contributed by atoms with Crippen LogP contribution < -0.4 is 5.32 Å². The number of carbonyl (C=O) groups excluding carboxylic acids is 1. The zero-order valence-corrected chi connectivity index (χ0v) is 18.7. The molecule has 1 N–H and O–H groups in total. The van der Waals surface area contributed by atoms with E-state index in [1.807, 2.05) is 53.4 Å². The van der Waals surface area contributed by atoms with Crippen molar-refractivity contribution in [1.29, 1.82) is 0 Å². The summed E-state index contributed by atoms with van der Waals surface area (Å²) in [7, 11) is 0. The molecule has 0 radical (unpaired) electrons. The molecule has 3 aromatic rings. The molecule has 0 bridgehead atoms. The fourth-order valence-corrected chi connectivity index (χ4v) is 4.69. The van der Waals surface area contributed by atoms with E-state index in [2.05, 4.69) is 22.5 Å². The second kappa shape index (κ2) is 9.94. The Morgan fingerprint density at radius 2 is 1.91 bits per heavy atom. The van der Waals surface area contributed by atoms with Crippen LogP contribution in [0.5, 0.6) is 0 Å². The lowest BCUT2D eigenvalue weighted by atomic mass is 9.95. The molecule has 5 rings (SSSR count). The fourth-order valence-electron chi connectivity index (χ4n) is 4.69. The summed E-state index contributed by atoms with van der Waals surface area (Å²) in [5.41, 5.74) is 2.84. The predicted molar refractivity (Wildman–Crippen MR) is 130 cm³/mol. The molecule has 6 nitrogen and oxygen atoms in total. The van der Waals surface area contributed by atoms with Gasteiger partial charge >= 0.3 is 0 Å². The van der Waals surface area contributed by atoms with Crippen molar-refractivity contribution in [3.05, 3.63) is 78.9 Å². The Morgan fingerprint density at radius 1 is 1.06 bits per heavy atom. The van der Waals surface area contributed by atoms with Crippen LogP contribution in [0.3, 0.4) is 0 Å². The molecule has 1 fully saturated rings. The molecule has 168 valence electrons. The Hall–Kier alpha value is -3.54. The van der Waals surface area contributed by atoms with Crippen molar-refractivity contribution in [1.82, 2.24) is 19.9 Å². The van der Waals surface area contributed by atoms with Gasteiger partial charge in [0.05, 0.1) is 5.69 Å². The lowest BCUT2D eigenvalue weighted by Gasteiger charge is -2.33. The Balaban J connectivity index is 1.40. The molecule has 0 spiro atoms. The lowest BCUT2D eigenvalue weighted by molar-refractivity contribution is -0.133. The average molecular weight is 440 g/mol. The lowest BCUT2D eigenvalue weighted by Crippen LogP contribution is -2.40. The summed E-state index contributed by atoms with van der Waals surface area (Å²) < 4.78 is 0. The zero-order chi connectivity index (χ0) is 22.5. The van der Waals surface area contributed by atoms with Crippen LogP contribution in [0.4, 0.5) is 11.5 Å². The second-order valence-electron chi connectivity index (χ2n) is 8.87. The maximum absolute atomic E-state index is 13.0. The number of hydrogen-bond donors (Lipinski definition) is 1. The maximum Gasteiger partial charge on any atom is 0.223 e.